The van der Waals surface area contributed by atoms with Crippen molar-refractivity contribution < 1.29 is 9.53 Å². The molecule has 110 valence electrons. The summed E-state index contributed by atoms with van der Waals surface area (Å²) in [5, 5.41) is 3.01. The lowest BCUT2D eigenvalue weighted by Gasteiger charge is -2.21. The average Bonchev–Trinajstić information content (AvgIpc) is 3.08. The quantitative estimate of drug-likeness (QED) is 0.933. The summed E-state index contributed by atoms with van der Waals surface area (Å²) in [5.41, 5.74) is 2.16. The van der Waals surface area contributed by atoms with Crippen LogP contribution in [0.4, 0.5) is 0 Å². The van der Waals surface area contributed by atoms with E-state index in [0.717, 1.165) is 24.1 Å². The summed E-state index contributed by atoms with van der Waals surface area (Å²) < 4.78 is 7.22. The number of carbonyl (C=O) groups is 1. The van der Waals surface area contributed by atoms with Gasteiger partial charge in [0.15, 0.2) is 0 Å². The Kier molecular flexibility index (Phi) is 4.31. The number of hydrogen-bond donors (Lipinski definition) is 1. The van der Waals surface area contributed by atoms with Gasteiger partial charge in [-0.05, 0) is 30.5 Å². The molecule has 0 saturated carbocycles. The molecule has 0 atom stereocenters. The van der Waals surface area contributed by atoms with Crippen LogP contribution in [0.15, 0.2) is 43.0 Å². The van der Waals surface area contributed by atoms with Crippen LogP contribution in [0.2, 0.25) is 0 Å². The molecule has 0 spiro atoms. The zero-order valence-electron chi connectivity index (χ0n) is 11.9. The number of aromatic nitrogens is 2. The summed E-state index contributed by atoms with van der Waals surface area (Å²) in [6.45, 7) is 1.95. The summed E-state index contributed by atoms with van der Waals surface area (Å²) in [6, 6.07) is 8.11. The van der Waals surface area contributed by atoms with Gasteiger partial charge < -0.3 is 14.6 Å². The Morgan fingerprint density at radius 3 is 2.71 bits per heavy atom. The van der Waals surface area contributed by atoms with Gasteiger partial charge in [-0.2, -0.15) is 0 Å². The van der Waals surface area contributed by atoms with Crippen molar-refractivity contribution in [2.24, 2.45) is 5.92 Å². The van der Waals surface area contributed by atoms with E-state index < -0.39 is 0 Å². The van der Waals surface area contributed by atoms with Gasteiger partial charge in [0, 0.05) is 43.8 Å². The fourth-order valence-electron chi connectivity index (χ4n) is 2.49. The highest BCUT2D eigenvalue weighted by Gasteiger charge is 2.20. The van der Waals surface area contributed by atoms with Gasteiger partial charge in [0.2, 0.25) is 5.91 Å². The Balaban J connectivity index is 1.54. The van der Waals surface area contributed by atoms with E-state index in [-0.39, 0.29) is 11.8 Å². The number of nitrogens with one attached hydrogen (secondary N) is 1. The van der Waals surface area contributed by atoms with E-state index >= 15 is 0 Å². The summed E-state index contributed by atoms with van der Waals surface area (Å²) in [6.07, 6.45) is 7.07. The molecule has 1 amide bonds. The van der Waals surface area contributed by atoms with Gasteiger partial charge >= 0.3 is 0 Å². The molecule has 21 heavy (non-hydrogen) atoms. The van der Waals surface area contributed by atoms with E-state index in [1.165, 1.54) is 0 Å². The van der Waals surface area contributed by atoms with Crippen LogP contribution in [0.5, 0.6) is 0 Å². The van der Waals surface area contributed by atoms with Crippen LogP contribution in [0.1, 0.15) is 18.4 Å². The van der Waals surface area contributed by atoms with Crippen molar-refractivity contribution in [1.82, 2.24) is 14.9 Å². The molecule has 5 heteroatoms. The second-order valence-corrected chi connectivity index (χ2v) is 5.24. The Bertz CT molecular complexity index is 572. The van der Waals surface area contributed by atoms with Gasteiger partial charge in [0.05, 0.1) is 6.33 Å². The molecule has 1 aromatic carbocycles. The lowest BCUT2D eigenvalue weighted by Crippen LogP contribution is -2.33. The molecule has 1 N–H and O–H groups in total. The smallest absolute Gasteiger partial charge is 0.223 e. The summed E-state index contributed by atoms with van der Waals surface area (Å²) in [7, 11) is 0. The minimum absolute atomic E-state index is 0.101. The predicted octanol–water partition coefficient (Wildman–Crippen LogP) is 1.92. The zero-order valence-corrected chi connectivity index (χ0v) is 11.9. The number of hydrogen-bond acceptors (Lipinski definition) is 3. The van der Waals surface area contributed by atoms with Crippen LogP contribution in [-0.4, -0.2) is 28.7 Å². The summed E-state index contributed by atoms with van der Waals surface area (Å²) in [5.74, 6) is 0.237. The molecule has 0 bridgehead atoms. The van der Waals surface area contributed by atoms with Gasteiger partial charge in [-0.25, -0.2) is 4.98 Å². The highest BCUT2D eigenvalue weighted by molar-refractivity contribution is 5.78. The average molecular weight is 285 g/mol. The molecule has 0 aliphatic carbocycles. The lowest BCUT2D eigenvalue weighted by atomic mass is 9.99. The molecule has 2 heterocycles. The third kappa shape index (κ3) is 3.49. The first-order valence-electron chi connectivity index (χ1n) is 7.25. The molecule has 1 saturated heterocycles. The first-order valence-corrected chi connectivity index (χ1v) is 7.25. The number of nitrogens with zero attached hydrogens (tertiary/aromatic N) is 2. The number of benzene rings is 1. The van der Waals surface area contributed by atoms with Crippen LogP contribution in [0.3, 0.4) is 0 Å². The first kappa shape index (κ1) is 13.8. The molecule has 0 radical (unpaired) electrons. The number of carbonyl (C=O) groups excluding carboxylic acids is 1. The number of rotatable bonds is 4. The van der Waals surface area contributed by atoms with Crippen molar-refractivity contribution in [3.8, 4) is 5.69 Å². The van der Waals surface area contributed by atoms with Crippen LogP contribution >= 0.6 is 0 Å². The van der Waals surface area contributed by atoms with E-state index in [1.807, 2.05) is 35.0 Å². The summed E-state index contributed by atoms with van der Waals surface area (Å²) >= 11 is 0. The number of amides is 1. The maximum atomic E-state index is 12.0. The molecule has 5 nitrogen and oxygen atoms in total. The maximum absolute atomic E-state index is 12.0. The molecule has 1 aliphatic heterocycles. The van der Waals surface area contributed by atoms with Crippen molar-refractivity contribution in [2.45, 2.75) is 19.4 Å². The van der Waals surface area contributed by atoms with Crippen LogP contribution < -0.4 is 5.32 Å². The van der Waals surface area contributed by atoms with Crippen molar-refractivity contribution in [1.29, 1.82) is 0 Å². The molecular formula is C16H19N3O2. The Hall–Kier alpha value is -2.14. The Morgan fingerprint density at radius 1 is 1.29 bits per heavy atom. The van der Waals surface area contributed by atoms with E-state index in [0.29, 0.717) is 19.8 Å². The van der Waals surface area contributed by atoms with E-state index in [2.05, 4.69) is 10.3 Å². The third-order valence-corrected chi connectivity index (χ3v) is 3.80. The minimum Gasteiger partial charge on any atom is -0.381 e. The Morgan fingerprint density at radius 2 is 2.05 bits per heavy atom. The monoisotopic (exact) mass is 285 g/mol. The zero-order chi connectivity index (χ0) is 14.5. The topological polar surface area (TPSA) is 56.2 Å². The van der Waals surface area contributed by atoms with Crippen molar-refractivity contribution in [2.75, 3.05) is 13.2 Å². The summed E-state index contributed by atoms with van der Waals surface area (Å²) in [4.78, 5) is 16.1. The lowest BCUT2D eigenvalue weighted by molar-refractivity contribution is -0.128. The maximum Gasteiger partial charge on any atom is 0.223 e. The Labute approximate surface area is 124 Å². The fraction of sp³-hybridized carbons (Fsp3) is 0.375. The van der Waals surface area contributed by atoms with Gasteiger partial charge in [-0.1, -0.05) is 12.1 Å². The van der Waals surface area contributed by atoms with Crippen LogP contribution in [0.25, 0.3) is 5.69 Å². The molecular weight excluding hydrogens is 266 g/mol. The normalized spacial score (nSPS) is 15.8. The van der Waals surface area contributed by atoms with E-state index in [9.17, 15) is 4.79 Å². The minimum atomic E-state index is 0.101. The van der Waals surface area contributed by atoms with Crippen molar-refractivity contribution in [3.05, 3.63) is 48.5 Å². The number of imidazole rings is 1. The molecule has 1 aliphatic rings. The van der Waals surface area contributed by atoms with Crippen molar-refractivity contribution >= 4 is 5.91 Å². The number of ether oxygens (including phenoxy) is 1. The second kappa shape index (κ2) is 6.54. The van der Waals surface area contributed by atoms with Gasteiger partial charge in [-0.3, -0.25) is 4.79 Å². The third-order valence-electron chi connectivity index (χ3n) is 3.80. The molecule has 2 aromatic rings. The standard InChI is InChI=1S/C16H19N3O2/c20-16(14-5-9-21-10-6-14)18-11-13-1-3-15(4-2-13)19-8-7-17-12-19/h1-4,7-8,12,14H,5-6,9-11H2,(H,18,20). The van der Waals surface area contributed by atoms with E-state index in [1.54, 1.807) is 12.5 Å². The van der Waals surface area contributed by atoms with Gasteiger partial charge in [-0.15, -0.1) is 0 Å². The fourth-order valence-corrected chi connectivity index (χ4v) is 2.49. The molecule has 1 fully saturated rings. The van der Waals surface area contributed by atoms with Gasteiger partial charge in [0.25, 0.3) is 0 Å². The first-order chi connectivity index (χ1) is 10.3. The van der Waals surface area contributed by atoms with Gasteiger partial charge in [0.1, 0.15) is 0 Å². The van der Waals surface area contributed by atoms with Crippen LogP contribution in [-0.2, 0) is 16.1 Å². The second-order valence-electron chi connectivity index (χ2n) is 5.24. The predicted molar refractivity (Wildman–Crippen MR) is 79.0 cm³/mol. The van der Waals surface area contributed by atoms with E-state index in [4.69, 9.17) is 4.74 Å². The molecule has 3 rings (SSSR count). The van der Waals surface area contributed by atoms with Crippen LogP contribution in [0, 0.1) is 5.92 Å². The van der Waals surface area contributed by atoms with Crippen molar-refractivity contribution in [3.63, 3.8) is 0 Å². The highest BCUT2D eigenvalue weighted by Crippen LogP contribution is 2.15. The highest BCUT2D eigenvalue weighted by atomic mass is 16.5. The SMILES string of the molecule is O=C(NCc1ccc(-n2ccnc2)cc1)C1CCOCC1. The largest absolute Gasteiger partial charge is 0.381 e. The molecule has 0 unspecified atom stereocenters. The molecule has 1 aromatic heterocycles.